The second-order valence-electron chi connectivity index (χ2n) is 5.22. The van der Waals surface area contributed by atoms with Crippen LogP contribution >= 0.6 is 12.4 Å². The average molecular weight is 341 g/mol. The van der Waals surface area contributed by atoms with Crippen molar-refractivity contribution < 1.29 is 4.79 Å². The van der Waals surface area contributed by atoms with Crippen LogP contribution in [0.4, 0.5) is 0 Å². The highest BCUT2D eigenvalue weighted by Gasteiger charge is 2.13. The number of aromatic amines is 2. The van der Waals surface area contributed by atoms with Crippen molar-refractivity contribution in [2.45, 2.75) is 32.2 Å². The molecule has 1 atom stereocenters. The predicted octanol–water partition coefficient (Wildman–Crippen LogP) is 0.886. The van der Waals surface area contributed by atoms with E-state index in [1.54, 1.807) is 12.1 Å². The summed E-state index contributed by atoms with van der Waals surface area (Å²) >= 11 is 0. The zero-order valence-corrected chi connectivity index (χ0v) is 13.7. The number of rotatable bonds is 6. The van der Waals surface area contributed by atoms with E-state index in [4.69, 9.17) is 5.73 Å². The lowest BCUT2D eigenvalue weighted by molar-refractivity contribution is 0.0936. The van der Waals surface area contributed by atoms with Gasteiger partial charge in [0.05, 0.1) is 11.0 Å². The van der Waals surface area contributed by atoms with Crippen LogP contribution in [0, 0.1) is 0 Å². The molecule has 1 aromatic carbocycles. The van der Waals surface area contributed by atoms with Gasteiger partial charge in [-0.2, -0.15) is 0 Å². The monoisotopic (exact) mass is 340 g/mol. The SMILES string of the molecule is CCCCC(CN)NC(=O)c1ccc2[nH]c(=O)c(=O)[nH]c2c1.Cl. The molecule has 1 aromatic heterocycles. The quantitative estimate of drug-likeness (QED) is 0.583. The van der Waals surface area contributed by atoms with Crippen LogP contribution in [0.3, 0.4) is 0 Å². The minimum Gasteiger partial charge on any atom is -0.348 e. The number of carbonyl (C=O) groups is 1. The molecule has 5 N–H and O–H groups in total. The van der Waals surface area contributed by atoms with Gasteiger partial charge in [0.25, 0.3) is 5.91 Å². The largest absolute Gasteiger partial charge is 0.348 e. The Morgan fingerprint density at radius 1 is 1.22 bits per heavy atom. The molecule has 2 aromatic rings. The lowest BCUT2D eigenvalue weighted by atomic mass is 10.1. The Morgan fingerprint density at radius 2 is 1.87 bits per heavy atom. The van der Waals surface area contributed by atoms with Crippen LogP contribution in [-0.2, 0) is 0 Å². The molecule has 0 aliphatic carbocycles. The van der Waals surface area contributed by atoms with Crippen molar-refractivity contribution >= 4 is 29.3 Å². The number of unbranched alkanes of at least 4 members (excludes halogenated alkanes) is 1. The van der Waals surface area contributed by atoms with Gasteiger partial charge in [0.2, 0.25) is 0 Å². The van der Waals surface area contributed by atoms with Gasteiger partial charge in [-0.3, -0.25) is 14.4 Å². The number of H-pyrrole nitrogens is 2. The summed E-state index contributed by atoms with van der Waals surface area (Å²) in [5, 5.41) is 2.88. The molecule has 1 amide bonds. The van der Waals surface area contributed by atoms with E-state index in [0.717, 1.165) is 19.3 Å². The number of amides is 1. The maximum absolute atomic E-state index is 12.2. The van der Waals surface area contributed by atoms with E-state index in [-0.39, 0.29) is 24.4 Å². The fourth-order valence-corrected chi connectivity index (χ4v) is 2.22. The summed E-state index contributed by atoms with van der Waals surface area (Å²) in [6.45, 7) is 2.46. The Kier molecular flexibility index (Phi) is 6.99. The predicted molar refractivity (Wildman–Crippen MR) is 92.3 cm³/mol. The Bertz CT molecular complexity index is 784. The fraction of sp³-hybridized carbons (Fsp3) is 0.400. The number of fused-ring (bicyclic) bond motifs is 1. The lowest BCUT2D eigenvalue weighted by Gasteiger charge is -2.16. The molecule has 0 fully saturated rings. The number of halogens is 1. The van der Waals surface area contributed by atoms with E-state index in [0.29, 0.717) is 23.1 Å². The molecular weight excluding hydrogens is 320 g/mol. The number of nitrogens with two attached hydrogens (primary N) is 1. The number of carbonyl (C=O) groups excluding carboxylic acids is 1. The molecule has 0 aliphatic rings. The molecule has 7 nitrogen and oxygen atoms in total. The summed E-state index contributed by atoms with van der Waals surface area (Å²) in [6.07, 6.45) is 2.86. The van der Waals surface area contributed by atoms with E-state index >= 15 is 0 Å². The third kappa shape index (κ3) is 4.67. The molecule has 126 valence electrons. The van der Waals surface area contributed by atoms with Crippen LogP contribution in [0.2, 0.25) is 0 Å². The highest BCUT2D eigenvalue weighted by Crippen LogP contribution is 2.10. The van der Waals surface area contributed by atoms with Gasteiger partial charge < -0.3 is 21.0 Å². The number of aromatic nitrogens is 2. The Hall–Kier alpha value is -2.12. The minimum atomic E-state index is -0.743. The van der Waals surface area contributed by atoms with Crippen LogP contribution in [0.1, 0.15) is 36.5 Å². The molecular formula is C15H21ClN4O3. The Labute approximate surface area is 139 Å². The van der Waals surface area contributed by atoms with Gasteiger partial charge in [-0.25, -0.2) is 0 Å². The van der Waals surface area contributed by atoms with Gasteiger partial charge in [0, 0.05) is 18.2 Å². The van der Waals surface area contributed by atoms with E-state index in [1.165, 1.54) is 6.07 Å². The first-order chi connectivity index (χ1) is 10.5. The van der Waals surface area contributed by atoms with Gasteiger partial charge in [-0.15, -0.1) is 12.4 Å². The molecule has 0 radical (unpaired) electrons. The maximum Gasteiger partial charge on any atom is 0.314 e. The molecule has 1 heterocycles. The van der Waals surface area contributed by atoms with Crippen molar-refractivity contribution in [2.24, 2.45) is 5.73 Å². The minimum absolute atomic E-state index is 0. The number of hydrogen-bond donors (Lipinski definition) is 4. The van der Waals surface area contributed by atoms with E-state index in [1.807, 2.05) is 0 Å². The molecule has 1 unspecified atom stereocenters. The van der Waals surface area contributed by atoms with Crippen LogP contribution in [0.25, 0.3) is 11.0 Å². The van der Waals surface area contributed by atoms with Gasteiger partial charge in [0.1, 0.15) is 0 Å². The van der Waals surface area contributed by atoms with Crippen molar-refractivity contribution in [2.75, 3.05) is 6.54 Å². The van der Waals surface area contributed by atoms with Crippen molar-refractivity contribution in [1.29, 1.82) is 0 Å². The van der Waals surface area contributed by atoms with Crippen LogP contribution in [0.5, 0.6) is 0 Å². The summed E-state index contributed by atoms with van der Waals surface area (Å²) in [7, 11) is 0. The van der Waals surface area contributed by atoms with E-state index in [9.17, 15) is 14.4 Å². The fourth-order valence-electron chi connectivity index (χ4n) is 2.22. The van der Waals surface area contributed by atoms with Gasteiger partial charge in [-0.05, 0) is 24.6 Å². The van der Waals surface area contributed by atoms with Crippen molar-refractivity contribution in [3.8, 4) is 0 Å². The highest BCUT2D eigenvalue weighted by molar-refractivity contribution is 5.97. The Balaban J connectivity index is 0.00000264. The first-order valence-corrected chi connectivity index (χ1v) is 7.32. The molecule has 0 bridgehead atoms. The zero-order chi connectivity index (χ0) is 16.1. The molecule has 0 saturated heterocycles. The molecule has 0 saturated carbocycles. The third-order valence-electron chi connectivity index (χ3n) is 3.51. The highest BCUT2D eigenvalue weighted by atomic mass is 35.5. The van der Waals surface area contributed by atoms with Gasteiger partial charge >= 0.3 is 11.1 Å². The van der Waals surface area contributed by atoms with Crippen molar-refractivity contribution in [1.82, 2.24) is 15.3 Å². The summed E-state index contributed by atoms with van der Waals surface area (Å²) in [5.41, 5.74) is 5.50. The van der Waals surface area contributed by atoms with E-state index in [2.05, 4.69) is 22.2 Å². The Morgan fingerprint density at radius 3 is 2.48 bits per heavy atom. The first kappa shape index (κ1) is 18.9. The molecule has 8 heteroatoms. The normalized spacial score (nSPS) is 11.7. The van der Waals surface area contributed by atoms with Gasteiger partial charge in [-0.1, -0.05) is 19.8 Å². The van der Waals surface area contributed by atoms with Crippen LogP contribution in [-0.4, -0.2) is 28.5 Å². The maximum atomic E-state index is 12.2. The lowest BCUT2D eigenvalue weighted by Crippen LogP contribution is -2.40. The van der Waals surface area contributed by atoms with Crippen LogP contribution < -0.4 is 22.2 Å². The molecule has 0 aliphatic heterocycles. The first-order valence-electron chi connectivity index (χ1n) is 7.32. The van der Waals surface area contributed by atoms with E-state index < -0.39 is 11.1 Å². The smallest absolute Gasteiger partial charge is 0.314 e. The number of hydrogen-bond acceptors (Lipinski definition) is 4. The summed E-state index contributed by atoms with van der Waals surface area (Å²) in [4.78, 5) is 39.7. The summed E-state index contributed by atoms with van der Waals surface area (Å²) < 4.78 is 0. The van der Waals surface area contributed by atoms with Gasteiger partial charge in [0.15, 0.2) is 0 Å². The second kappa shape index (κ2) is 8.50. The standard InChI is InChI=1S/C15H20N4O3.ClH/c1-2-3-4-10(8-16)17-13(20)9-5-6-11-12(7-9)19-15(22)14(21)18-11;/h5-7,10H,2-4,8,16H2,1H3,(H,17,20)(H,18,21)(H,19,22);1H. The molecule has 2 rings (SSSR count). The molecule has 23 heavy (non-hydrogen) atoms. The third-order valence-corrected chi connectivity index (χ3v) is 3.51. The number of benzene rings is 1. The summed E-state index contributed by atoms with van der Waals surface area (Å²) in [5.74, 6) is -0.250. The van der Waals surface area contributed by atoms with Crippen LogP contribution in [0.15, 0.2) is 27.8 Å². The van der Waals surface area contributed by atoms with Crippen molar-refractivity contribution in [3.05, 3.63) is 44.5 Å². The number of nitrogens with one attached hydrogen (secondary N) is 3. The molecule has 0 spiro atoms. The average Bonchev–Trinajstić information content (AvgIpc) is 2.51. The zero-order valence-electron chi connectivity index (χ0n) is 12.8. The van der Waals surface area contributed by atoms with Crippen molar-refractivity contribution in [3.63, 3.8) is 0 Å². The summed E-state index contributed by atoms with van der Waals surface area (Å²) in [6, 6.07) is 4.65. The topological polar surface area (TPSA) is 121 Å². The second-order valence-corrected chi connectivity index (χ2v) is 5.22.